The molecular weight excluding hydrogens is 306 g/mol. The molecule has 0 saturated heterocycles. The van der Waals surface area contributed by atoms with E-state index in [4.69, 9.17) is 4.84 Å². The van der Waals surface area contributed by atoms with Crippen molar-refractivity contribution in [1.29, 1.82) is 0 Å². The third-order valence-corrected chi connectivity index (χ3v) is 2.96. The van der Waals surface area contributed by atoms with Crippen LogP contribution < -0.4 is 5.32 Å². The van der Waals surface area contributed by atoms with Crippen molar-refractivity contribution in [3.8, 4) is 0 Å². The van der Waals surface area contributed by atoms with Crippen LogP contribution in [-0.2, 0) is 9.63 Å². The predicted molar refractivity (Wildman–Crippen MR) is 82.4 cm³/mol. The van der Waals surface area contributed by atoms with Gasteiger partial charge in [0.1, 0.15) is 5.71 Å². The summed E-state index contributed by atoms with van der Waals surface area (Å²) in [6, 6.07) is 6.56. The van der Waals surface area contributed by atoms with Crippen LogP contribution in [0.5, 0.6) is 0 Å². The topological polar surface area (TPSA) is 68.5 Å². The third kappa shape index (κ3) is 4.02. The lowest BCUT2D eigenvalue weighted by Crippen LogP contribution is -2.32. The molecule has 1 aromatic heterocycles. The molecule has 2 aromatic rings. The first-order valence-electron chi connectivity index (χ1n) is 7.11. The van der Waals surface area contributed by atoms with Gasteiger partial charge in [-0.1, -0.05) is 17.3 Å². The summed E-state index contributed by atoms with van der Waals surface area (Å²) in [5.41, 5.74) is 0.915. The number of hydrogen-bond acceptors (Lipinski definition) is 4. The van der Waals surface area contributed by atoms with Crippen LogP contribution in [0.15, 0.2) is 29.4 Å². The van der Waals surface area contributed by atoms with Crippen LogP contribution in [0.1, 0.15) is 33.1 Å². The molecule has 0 radical (unpaired) electrons. The summed E-state index contributed by atoms with van der Waals surface area (Å²) >= 11 is 0. The standard InChI is InChI=1S/C15H18F2N4O2/c1-9(2)18-13(22)8-23-20-10(3)14-19-11-6-4-5-7-12(11)21(14)15(16)17/h4-7,9,15H,8H2,1-3H3,(H,18,22)/b20-10-. The van der Waals surface area contributed by atoms with E-state index in [2.05, 4.69) is 15.5 Å². The highest BCUT2D eigenvalue weighted by molar-refractivity contribution is 5.98. The molecule has 0 aliphatic heterocycles. The van der Waals surface area contributed by atoms with Crippen molar-refractivity contribution in [1.82, 2.24) is 14.9 Å². The number of alkyl halides is 2. The Morgan fingerprint density at radius 1 is 1.39 bits per heavy atom. The van der Waals surface area contributed by atoms with Gasteiger partial charge in [0.15, 0.2) is 12.4 Å². The second-order valence-corrected chi connectivity index (χ2v) is 5.24. The van der Waals surface area contributed by atoms with Crippen molar-refractivity contribution in [2.75, 3.05) is 6.61 Å². The summed E-state index contributed by atoms with van der Waals surface area (Å²) in [6.07, 6.45) is 0. The quantitative estimate of drug-likeness (QED) is 0.656. The highest BCUT2D eigenvalue weighted by atomic mass is 19.3. The average Bonchev–Trinajstić information content (AvgIpc) is 2.85. The number of para-hydroxylation sites is 2. The van der Waals surface area contributed by atoms with E-state index in [1.165, 1.54) is 6.92 Å². The van der Waals surface area contributed by atoms with Crippen LogP contribution >= 0.6 is 0 Å². The monoisotopic (exact) mass is 324 g/mol. The summed E-state index contributed by atoms with van der Waals surface area (Å²) in [4.78, 5) is 20.5. The van der Waals surface area contributed by atoms with Crippen LogP contribution in [0.2, 0.25) is 0 Å². The summed E-state index contributed by atoms with van der Waals surface area (Å²) in [5, 5.41) is 6.35. The van der Waals surface area contributed by atoms with E-state index < -0.39 is 6.55 Å². The van der Waals surface area contributed by atoms with Gasteiger partial charge in [-0.3, -0.25) is 9.36 Å². The smallest absolute Gasteiger partial charge is 0.320 e. The van der Waals surface area contributed by atoms with Crippen molar-refractivity contribution < 1.29 is 18.4 Å². The van der Waals surface area contributed by atoms with Crippen molar-refractivity contribution in [3.63, 3.8) is 0 Å². The zero-order chi connectivity index (χ0) is 17.0. The number of halogens is 2. The summed E-state index contributed by atoms with van der Waals surface area (Å²) in [7, 11) is 0. The fourth-order valence-corrected chi connectivity index (χ4v) is 2.09. The number of hydrogen-bond donors (Lipinski definition) is 1. The largest absolute Gasteiger partial charge is 0.385 e. The normalized spacial score (nSPS) is 12.2. The Hall–Kier alpha value is -2.51. The first-order chi connectivity index (χ1) is 10.9. The predicted octanol–water partition coefficient (Wildman–Crippen LogP) is 2.70. The number of rotatable bonds is 6. The number of carbonyl (C=O) groups excluding carboxylic acids is 1. The van der Waals surface area contributed by atoms with Crippen LogP contribution in [0.3, 0.4) is 0 Å². The fourth-order valence-electron chi connectivity index (χ4n) is 2.09. The lowest BCUT2D eigenvalue weighted by molar-refractivity contribution is -0.126. The molecule has 1 amide bonds. The first kappa shape index (κ1) is 16.9. The number of oxime groups is 1. The molecule has 1 aromatic carbocycles. The van der Waals surface area contributed by atoms with E-state index in [1.54, 1.807) is 24.3 Å². The molecule has 0 atom stereocenters. The van der Waals surface area contributed by atoms with Gasteiger partial charge in [0, 0.05) is 6.04 Å². The van der Waals surface area contributed by atoms with E-state index in [1.807, 2.05) is 13.8 Å². The number of carbonyl (C=O) groups is 1. The summed E-state index contributed by atoms with van der Waals surface area (Å²) in [6.45, 7) is 2.09. The molecule has 124 valence electrons. The number of nitrogens with zero attached hydrogens (tertiary/aromatic N) is 3. The Morgan fingerprint density at radius 2 is 2.09 bits per heavy atom. The van der Waals surface area contributed by atoms with Gasteiger partial charge in [-0.2, -0.15) is 8.78 Å². The number of imidazole rings is 1. The van der Waals surface area contributed by atoms with Crippen molar-refractivity contribution >= 4 is 22.7 Å². The van der Waals surface area contributed by atoms with Gasteiger partial charge < -0.3 is 10.2 Å². The summed E-state index contributed by atoms with van der Waals surface area (Å²) in [5.74, 6) is -0.329. The van der Waals surface area contributed by atoms with Crippen LogP contribution in [0, 0.1) is 0 Å². The number of aromatic nitrogens is 2. The maximum Gasteiger partial charge on any atom is 0.320 e. The fraction of sp³-hybridized carbons (Fsp3) is 0.400. The van der Waals surface area contributed by atoms with Gasteiger partial charge in [-0.15, -0.1) is 0 Å². The van der Waals surface area contributed by atoms with Gasteiger partial charge in [-0.05, 0) is 32.9 Å². The molecule has 1 heterocycles. The van der Waals surface area contributed by atoms with Crippen LogP contribution in [0.25, 0.3) is 11.0 Å². The molecular formula is C15H18F2N4O2. The first-order valence-corrected chi connectivity index (χ1v) is 7.11. The zero-order valence-corrected chi connectivity index (χ0v) is 13.1. The Balaban J connectivity index is 2.20. The molecule has 0 aliphatic rings. The maximum atomic E-state index is 13.3. The van der Waals surface area contributed by atoms with Crippen molar-refractivity contribution in [2.45, 2.75) is 33.4 Å². The highest BCUT2D eigenvalue weighted by Gasteiger charge is 2.19. The number of nitrogens with one attached hydrogen (secondary N) is 1. The summed E-state index contributed by atoms with van der Waals surface area (Å²) < 4.78 is 27.4. The SMILES string of the molecule is C/C(=N/OCC(=O)NC(C)C)c1nc2ccccc2n1C(F)F. The minimum absolute atomic E-state index is 0.00506. The molecule has 2 rings (SSSR count). The Labute approximate surface area is 132 Å². The van der Waals surface area contributed by atoms with E-state index in [-0.39, 0.29) is 30.1 Å². The molecule has 0 unspecified atom stereocenters. The van der Waals surface area contributed by atoms with Crippen molar-refractivity contribution in [3.05, 3.63) is 30.1 Å². The molecule has 1 N–H and O–H groups in total. The van der Waals surface area contributed by atoms with E-state index in [0.29, 0.717) is 11.0 Å². The van der Waals surface area contributed by atoms with Gasteiger partial charge in [0.2, 0.25) is 0 Å². The highest BCUT2D eigenvalue weighted by Crippen LogP contribution is 2.23. The van der Waals surface area contributed by atoms with Gasteiger partial charge in [0.25, 0.3) is 5.91 Å². The van der Waals surface area contributed by atoms with Crippen molar-refractivity contribution in [2.24, 2.45) is 5.16 Å². The van der Waals surface area contributed by atoms with Gasteiger partial charge in [0.05, 0.1) is 11.0 Å². The number of amides is 1. The van der Waals surface area contributed by atoms with Crippen LogP contribution in [-0.4, -0.2) is 33.8 Å². The van der Waals surface area contributed by atoms with Gasteiger partial charge in [-0.25, -0.2) is 4.98 Å². The molecule has 0 aliphatic carbocycles. The minimum Gasteiger partial charge on any atom is -0.385 e. The number of benzene rings is 1. The second kappa shape index (κ2) is 7.17. The number of fused-ring (bicyclic) bond motifs is 1. The van der Waals surface area contributed by atoms with E-state index in [0.717, 1.165) is 4.57 Å². The molecule has 0 saturated carbocycles. The molecule has 0 bridgehead atoms. The maximum absolute atomic E-state index is 13.3. The molecule has 6 nitrogen and oxygen atoms in total. The Bertz CT molecular complexity index is 725. The second-order valence-electron chi connectivity index (χ2n) is 5.24. The minimum atomic E-state index is -2.76. The van der Waals surface area contributed by atoms with E-state index >= 15 is 0 Å². The lowest BCUT2D eigenvalue weighted by atomic mass is 10.3. The zero-order valence-electron chi connectivity index (χ0n) is 13.1. The molecule has 8 heteroatoms. The molecule has 0 spiro atoms. The molecule has 23 heavy (non-hydrogen) atoms. The lowest BCUT2D eigenvalue weighted by Gasteiger charge is -2.08. The Kier molecular flexibility index (Phi) is 5.25. The molecule has 0 fully saturated rings. The average molecular weight is 324 g/mol. The van der Waals surface area contributed by atoms with Gasteiger partial charge >= 0.3 is 6.55 Å². The van der Waals surface area contributed by atoms with E-state index in [9.17, 15) is 13.6 Å². The third-order valence-electron chi connectivity index (χ3n) is 2.96. The van der Waals surface area contributed by atoms with Crippen LogP contribution in [0.4, 0.5) is 8.78 Å². The Morgan fingerprint density at radius 3 is 2.74 bits per heavy atom.